The molecule has 2 heteroatoms. The molecule has 0 N–H and O–H groups in total. The van der Waals surface area contributed by atoms with Crippen molar-refractivity contribution in [2.75, 3.05) is 0 Å². The lowest BCUT2D eigenvalue weighted by molar-refractivity contribution is 0.00843. The predicted octanol–water partition coefficient (Wildman–Crippen LogP) is 3.86. The first kappa shape index (κ1) is 10.9. The van der Waals surface area contributed by atoms with Crippen LogP contribution in [-0.4, -0.2) is 5.92 Å². The molecule has 0 saturated heterocycles. The smallest absolute Gasteiger partial charge is 0.207 e. The molecular formula is C9H18F2. The fourth-order valence-corrected chi connectivity index (χ4v) is 0.929. The second-order valence-corrected chi connectivity index (χ2v) is 4.48. The van der Waals surface area contributed by atoms with Crippen LogP contribution in [0, 0.1) is 5.41 Å². The number of halogens is 2. The Balaban J connectivity index is 3.44. The van der Waals surface area contributed by atoms with E-state index in [0.29, 0.717) is 6.42 Å². The van der Waals surface area contributed by atoms with Crippen molar-refractivity contribution < 1.29 is 8.78 Å². The number of hydrogen-bond donors (Lipinski definition) is 0. The summed E-state index contributed by atoms with van der Waals surface area (Å²) in [5, 5.41) is 0. The van der Waals surface area contributed by atoms with Gasteiger partial charge in [0, 0.05) is 6.42 Å². The summed E-state index contributed by atoms with van der Waals surface area (Å²) < 4.78 is 24.6. The Morgan fingerprint density at radius 3 is 1.64 bits per heavy atom. The van der Waals surface area contributed by atoms with Crippen molar-refractivity contribution in [3.05, 3.63) is 0 Å². The molecule has 0 fully saturated rings. The summed E-state index contributed by atoms with van der Waals surface area (Å²) in [5.41, 5.74) is 0.186. The second kappa shape index (κ2) is 3.51. The highest BCUT2D eigenvalue weighted by Crippen LogP contribution is 2.26. The molecule has 0 aliphatic carbocycles. The average molecular weight is 164 g/mol. The standard InChI is InChI=1S/C9H18F2/c1-8(2,3)6-5-7-9(4,10)11/h5-7H2,1-4H3. The largest absolute Gasteiger partial charge is 0.245 e. The Labute approximate surface area is 68.0 Å². The van der Waals surface area contributed by atoms with E-state index in [0.717, 1.165) is 13.3 Å². The van der Waals surface area contributed by atoms with Crippen LogP contribution in [0.2, 0.25) is 0 Å². The summed E-state index contributed by atoms with van der Waals surface area (Å²) in [6.07, 6.45) is 1.51. The molecule has 0 aliphatic heterocycles. The summed E-state index contributed by atoms with van der Waals surface area (Å²) in [7, 11) is 0. The minimum Gasteiger partial charge on any atom is -0.207 e. The quantitative estimate of drug-likeness (QED) is 0.594. The molecule has 0 atom stereocenters. The summed E-state index contributed by atoms with van der Waals surface area (Å²) in [6, 6.07) is 0. The number of alkyl halides is 2. The van der Waals surface area contributed by atoms with Gasteiger partial charge in [0.15, 0.2) is 0 Å². The van der Waals surface area contributed by atoms with E-state index in [1.807, 2.05) is 0 Å². The highest BCUT2D eigenvalue weighted by atomic mass is 19.3. The van der Waals surface area contributed by atoms with Crippen LogP contribution in [0.15, 0.2) is 0 Å². The normalized spacial score (nSPS) is 13.6. The molecule has 68 valence electrons. The highest BCUT2D eigenvalue weighted by molar-refractivity contribution is 4.65. The van der Waals surface area contributed by atoms with Gasteiger partial charge < -0.3 is 0 Å². The van der Waals surface area contributed by atoms with Crippen LogP contribution in [-0.2, 0) is 0 Å². The molecule has 0 spiro atoms. The van der Waals surface area contributed by atoms with Crippen molar-refractivity contribution in [2.24, 2.45) is 5.41 Å². The summed E-state index contributed by atoms with van der Waals surface area (Å²) in [5.74, 6) is -2.48. The zero-order valence-electron chi connectivity index (χ0n) is 7.88. The minimum atomic E-state index is -2.48. The van der Waals surface area contributed by atoms with Crippen LogP contribution in [0.25, 0.3) is 0 Å². The summed E-state index contributed by atoms with van der Waals surface area (Å²) in [6.45, 7) is 7.19. The third-order valence-electron chi connectivity index (χ3n) is 1.54. The zero-order chi connectivity index (χ0) is 9.12. The molecule has 0 aromatic carbocycles. The van der Waals surface area contributed by atoms with E-state index < -0.39 is 5.92 Å². The van der Waals surface area contributed by atoms with Gasteiger partial charge in [-0.3, -0.25) is 0 Å². The van der Waals surface area contributed by atoms with E-state index >= 15 is 0 Å². The highest BCUT2D eigenvalue weighted by Gasteiger charge is 2.21. The van der Waals surface area contributed by atoms with Crippen LogP contribution in [0.3, 0.4) is 0 Å². The van der Waals surface area contributed by atoms with Gasteiger partial charge in [-0.1, -0.05) is 20.8 Å². The Hall–Kier alpha value is -0.140. The first-order valence-corrected chi connectivity index (χ1v) is 4.09. The number of hydrogen-bond acceptors (Lipinski definition) is 0. The van der Waals surface area contributed by atoms with Crippen molar-refractivity contribution in [3.63, 3.8) is 0 Å². The van der Waals surface area contributed by atoms with Gasteiger partial charge >= 0.3 is 0 Å². The molecule has 0 unspecified atom stereocenters. The fourth-order valence-electron chi connectivity index (χ4n) is 0.929. The molecule has 0 amide bonds. The van der Waals surface area contributed by atoms with Crippen molar-refractivity contribution in [2.45, 2.75) is 52.9 Å². The van der Waals surface area contributed by atoms with Crippen LogP contribution in [0.1, 0.15) is 47.0 Å². The van der Waals surface area contributed by atoms with Crippen molar-refractivity contribution in [3.8, 4) is 0 Å². The van der Waals surface area contributed by atoms with Crippen LogP contribution in [0.4, 0.5) is 8.78 Å². The van der Waals surface area contributed by atoms with Gasteiger partial charge in [-0.25, -0.2) is 8.78 Å². The lowest BCUT2D eigenvalue weighted by Gasteiger charge is -2.18. The molecule has 0 heterocycles. The van der Waals surface area contributed by atoms with Gasteiger partial charge in [0.1, 0.15) is 0 Å². The molecule has 0 aliphatic rings. The molecule has 0 nitrogen and oxygen atoms in total. The van der Waals surface area contributed by atoms with Crippen LogP contribution in [0.5, 0.6) is 0 Å². The molecular weight excluding hydrogens is 146 g/mol. The van der Waals surface area contributed by atoms with Crippen LogP contribution >= 0.6 is 0 Å². The maximum atomic E-state index is 12.3. The maximum Gasteiger partial charge on any atom is 0.245 e. The minimum absolute atomic E-state index is 0.0181. The van der Waals surface area contributed by atoms with E-state index in [-0.39, 0.29) is 11.8 Å². The van der Waals surface area contributed by atoms with Gasteiger partial charge in [0.25, 0.3) is 0 Å². The van der Waals surface area contributed by atoms with Crippen molar-refractivity contribution >= 4 is 0 Å². The van der Waals surface area contributed by atoms with Gasteiger partial charge in [0.2, 0.25) is 5.92 Å². The van der Waals surface area contributed by atoms with Crippen molar-refractivity contribution in [1.82, 2.24) is 0 Å². The van der Waals surface area contributed by atoms with E-state index in [9.17, 15) is 8.78 Å². The summed E-state index contributed by atoms with van der Waals surface area (Å²) >= 11 is 0. The number of rotatable bonds is 3. The Morgan fingerprint density at radius 2 is 1.36 bits per heavy atom. The lowest BCUT2D eigenvalue weighted by Crippen LogP contribution is -2.12. The Morgan fingerprint density at radius 1 is 0.909 bits per heavy atom. The van der Waals surface area contributed by atoms with Crippen LogP contribution < -0.4 is 0 Å². The Bertz CT molecular complexity index is 91.7. The topological polar surface area (TPSA) is 0 Å². The molecule has 0 radical (unpaired) electrons. The predicted molar refractivity (Wildman–Crippen MR) is 43.9 cm³/mol. The molecule has 0 rings (SSSR count). The first-order valence-electron chi connectivity index (χ1n) is 4.09. The monoisotopic (exact) mass is 164 g/mol. The maximum absolute atomic E-state index is 12.3. The SMILES string of the molecule is CC(C)(C)CCCC(C)(F)F. The van der Waals surface area contributed by atoms with Gasteiger partial charge in [0.05, 0.1) is 0 Å². The summed E-state index contributed by atoms with van der Waals surface area (Å²) in [4.78, 5) is 0. The van der Waals surface area contributed by atoms with E-state index in [4.69, 9.17) is 0 Å². The zero-order valence-corrected chi connectivity index (χ0v) is 7.88. The third kappa shape index (κ3) is 9.86. The molecule has 0 bridgehead atoms. The molecule has 0 saturated carbocycles. The molecule has 0 aromatic rings. The fraction of sp³-hybridized carbons (Fsp3) is 1.00. The average Bonchev–Trinajstić information content (AvgIpc) is 1.55. The van der Waals surface area contributed by atoms with E-state index in [2.05, 4.69) is 20.8 Å². The van der Waals surface area contributed by atoms with E-state index in [1.165, 1.54) is 0 Å². The van der Waals surface area contributed by atoms with E-state index in [1.54, 1.807) is 0 Å². The molecule has 0 aromatic heterocycles. The second-order valence-electron chi connectivity index (χ2n) is 4.48. The first-order chi connectivity index (χ1) is 4.71. The third-order valence-corrected chi connectivity index (χ3v) is 1.54. The van der Waals surface area contributed by atoms with Gasteiger partial charge in [-0.05, 0) is 25.2 Å². The lowest BCUT2D eigenvalue weighted by atomic mass is 9.89. The van der Waals surface area contributed by atoms with Crippen molar-refractivity contribution in [1.29, 1.82) is 0 Å². The molecule has 11 heavy (non-hydrogen) atoms. The van der Waals surface area contributed by atoms with Gasteiger partial charge in [-0.15, -0.1) is 0 Å². The van der Waals surface area contributed by atoms with Gasteiger partial charge in [-0.2, -0.15) is 0 Å². The Kier molecular flexibility index (Phi) is 3.46.